The predicted octanol–water partition coefficient (Wildman–Crippen LogP) is 5.40. The summed E-state index contributed by atoms with van der Waals surface area (Å²) in [5.41, 5.74) is -0.153. The van der Waals surface area contributed by atoms with Crippen LogP contribution < -0.4 is 0 Å². The number of carbonyl (C=O) groups is 1. The molecule has 214 valence electrons. The first-order valence-electron chi connectivity index (χ1n) is 12.7. The van der Waals surface area contributed by atoms with Crippen LogP contribution in [0.4, 0.5) is 10.5 Å². The number of aromatic nitrogens is 1. The fourth-order valence-corrected chi connectivity index (χ4v) is 8.11. The molecule has 13 heteroatoms. The molecule has 1 aliphatic carbocycles. The Morgan fingerprint density at radius 1 is 0.976 bits per heavy atom. The van der Waals surface area contributed by atoms with Gasteiger partial charge in [-0.25, -0.2) is 25.6 Å². The number of hydrogen-bond donors (Lipinski definition) is 0. The first-order valence-corrected chi connectivity index (χ1v) is 15.6. The van der Waals surface area contributed by atoms with Crippen LogP contribution in [0.2, 0.25) is 0 Å². The van der Waals surface area contributed by atoms with Gasteiger partial charge in [-0.3, -0.25) is 10.1 Å². The Balaban J connectivity index is 1.65. The summed E-state index contributed by atoms with van der Waals surface area (Å²) < 4.78 is 61.8. The number of ether oxygens (including phenoxy) is 1. The van der Waals surface area contributed by atoms with Crippen LogP contribution in [0, 0.1) is 10.1 Å². The Kier molecular flexibility index (Phi) is 6.90. The van der Waals surface area contributed by atoms with Crippen molar-refractivity contribution in [2.75, 3.05) is 0 Å². The average Bonchev–Trinajstić information content (AvgIpc) is 3.53. The van der Waals surface area contributed by atoms with Crippen LogP contribution in [-0.2, 0) is 31.2 Å². The lowest BCUT2D eigenvalue weighted by Gasteiger charge is -2.31. The molecule has 11 nitrogen and oxygen atoms in total. The topological polar surface area (TPSA) is 146 Å². The van der Waals surface area contributed by atoms with E-state index in [2.05, 4.69) is 0 Å². The Bertz CT molecular complexity index is 1890. The molecule has 1 unspecified atom stereocenters. The molecular weight excluding hydrogens is 570 g/mol. The van der Waals surface area contributed by atoms with E-state index >= 15 is 0 Å². The highest BCUT2D eigenvalue weighted by atomic mass is 32.2. The first-order chi connectivity index (χ1) is 19.2. The summed E-state index contributed by atoms with van der Waals surface area (Å²) in [4.78, 5) is 23.8. The number of rotatable bonds is 6. The summed E-state index contributed by atoms with van der Waals surface area (Å²) in [6.07, 6.45) is 0.775. The number of nitro groups is 1. The molecule has 0 saturated carbocycles. The number of para-hydroxylation sites is 1. The summed E-state index contributed by atoms with van der Waals surface area (Å²) in [5.74, 6) is 0. The number of aryl methyl sites for hydroxylation is 1. The number of nitro benzene ring substituents is 1. The van der Waals surface area contributed by atoms with Crippen LogP contribution in [0.1, 0.15) is 44.4 Å². The molecule has 0 N–H and O–H groups in total. The van der Waals surface area contributed by atoms with Crippen molar-refractivity contribution in [2.45, 2.75) is 55.0 Å². The summed E-state index contributed by atoms with van der Waals surface area (Å²) >= 11 is 0. The highest BCUT2D eigenvalue weighted by Crippen LogP contribution is 2.44. The third-order valence-electron chi connectivity index (χ3n) is 6.77. The first kappa shape index (κ1) is 28.3. The van der Waals surface area contributed by atoms with Gasteiger partial charge in [-0.1, -0.05) is 36.4 Å². The second-order valence-corrected chi connectivity index (χ2v) is 14.2. The summed E-state index contributed by atoms with van der Waals surface area (Å²) in [6.45, 7) is 4.76. The van der Waals surface area contributed by atoms with E-state index in [0.717, 1.165) is 12.1 Å². The van der Waals surface area contributed by atoms with Crippen LogP contribution in [0.5, 0.6) is 0 Å². The molecule has 0 bridgehead atoms. The molecule has 1 amide bonds. The molecule has 1 heterocycles. The van der Waals surface area contributed by atoms with Crippen molar-refractivity contribution in [3.8, 4) is 0 Å². The lowest BCUT2D eigenvalue weighted by atomic mass is 10.0. The van der Waals surface area contributed by atoms with Gasteiger partial charge in [0.25, 0.3) is 25.7 Å². The Hall–Kier alpha value is -4.23. The molecule has 41 heavy (non-hydrogen) atoms. The van der Waals surface area contributed by atoms with Gasteiger partial charge >= 0.3 is 6.09 Å². The molecule has 0 saturated heterocycles. The van der Waals surface area contributed by atoms with Crippen molar-refractivity contribution in [3.63, 3.8) is 0 Å². The van der Waals surface area contributed by atoms with Crippen molar-refractivity contribution in [2.24, 2.45) is 0 Å². The molecule has 5 rings (SSSR count). The van der Waals surface area contributed by atoms with Crippen LogP contribution in [0.15, 0.2) is 88.8 Å². The smallest absolute Gasteiger partial charge is 0.424 e. The second kappa shape index (κ2) is 10.00. The van der Waals surface area contributed by atoms with Crippen LogP contribution in [0.25, 0.3) is 10.9 Å². The third-order valence-corrected chi connectivity index (χ3v) is 10.3. The normalized spacial score (nSPS) is 15.4. The molecule has 4 aromatic rings. The fourth-order valence-electron chi connectivity index (χ4n) is 5.09. The zero-order valence-electron chi connectivity index (χ0n) is 22.4. The number of carbonyl (C=O) groups excluding carboxylic acids is 1. The van der Waals surface area contributed by atoms with Gasteiger partial charge in [0.15, 0.2) is 4.90 Å². The minimum Gasteiger partial charge on any atom is -0.443 e. The second-order valence-electron chi connectivity index (χ2n) is 10.6. The van der Waals surface area contributed by atoms with E-state index in [0.29, 0.717) is 32.8 Å². The monoisotopic (exact) mass is 597 g/mol. The third kappa shape index (κ3) is 4.95. The minimum absolute atomic E-state index is 0.113. The standard InChI is InChI=1S/C28H27N3O8S2/c1-28(2,3)39-27(32)30(41(37,38)26-12-8-7-11-25(26)31(33)34)24-16-13-20-21(24)14-15-23-22(20)17-18-29(23)40(35,36)19-9-5-4-6-10-19/h4-12,14-15,17-18,24H,13,16H2,1-3H3. The predicted molar refractivity (Wildman–Crippen MR) is 150 cm³/mol. The molecule has 1 atom stereocenters. The van der Waals surface area contributed by atoms with Crippen LogP contribution >= 0.6 is 0 Å². The molecule has 1 aliphatic rings. The molecule has 0 radical (unpaired) electrons. The Morgan fingerprint density at radius 2 is 1.63 bits per heavy atom. The van der Waals surface area contributed by atoms with Gasteiger partial charge in [0.05, 0.1) is 21.4 Å². The van der Waals surface area contributed by atoms with E-state index in [4.69, 9.17) is 4.74 Å². The average molecular weight is 598 g/mol. The number of nitrogens with zero attached hydrogens (tertiary/aromatic N) is 3. The molecule has 0 fully saturated rings. The van der Waals surface area contributed by atoms with Gasteiger partial charge in [0.1, 0.15) is 5.60 Å². The molecule has 0 aliphatic heterocycles. The zero-order valence-corrected chi connectivity index (χ0v) is 24.1. The maximum Gasteiger partial charge on any atom is 0.424 e. The molecular formula is C28H27N3O8S2. The largest absolute Gasteiger partial charge is 0.443 e. The van der Waals surface area contributed by atoms with Crippen LogP contribution in [-0.4, -0.2) is 41.7 Å². The van der Waals surface area contributed by atoms with Gasteiger partial charge in [0, 0.05) is 17.6 Å². The number of amides is 1. The quantitative estimate of drug-likeness (QED) is 0.212. The minimum atomic E-state index is -4.77. The number of sulfonamides is 1. The van der Waals surface area contributed by atoms with Crippen molar-refractivity contribution >= 4 is 42.7 Å². The fraction of sp³-hybridized carbons (Fsp3) is 0.250. The Morgan fingerprint density at radius 3 is 2.29 bits per heavy atom. The van der Waals surface area contributed by atoms with Gasteiger partial charge in [-0.15, -0.1) is 0 Å². The van der Waals surface area contributed by atoms with Gasteiger partial charge in [0.2, 0.25) is 0 Å². The van der Waals surface area contributed by atoms with Crippen molar-refractivity contribution in [3.05, 3.63) is 100 Å². The van der Waals surface area contributed by atoms with E-state index < -0.39 is 53.3 Å². The van der Waals surface area contributed by atoms with E-state index in [1.165, 1.54) is 34.4 Å². The Labute approximate surface area is 237 Å². The van der Waals surface area contributed by atoms with E-state index in [-0.39, 0.29) is 11.3 Å². The number of fused-ring (bicyclic) bond motifs is 3. The maximum atomic E-state index is 14.0. The molecule has 0 spiro atoms. The number of benzene rings is 3. The maximum absolute atomic E-state index is 14.0. The van der Waals surface area contributed by atoms with Crippen molar-refractivity contribution in [1.29, 1.82) is 0 Å². The van der Waals surface area contributed by atoms with Crippen LogP contribution in [0.3, 0.4) is 0 Å². The van der Waals surface area contributed by atoms with E-state index in [1.807, 2.05) is 0 Å². The van der Waals surface area contributed by atoms with Crippen molar-refractivity contribution < 1.29 is 31.3 Å². The van der Waals surface area contributed by atoms with Gasteiger partial charge < -0.3 is 4.74 Å². The summed E-state index contributed by atoms with van der Waals surface area (Å²) in [7, 11) is -8.67. The summed E-state index contributed by atoms with van der Waals surface area (Å²) in [5, 5.41) is 12.3. The summed E-state index contributed by atoms with van der Waals surface area (Å²) in [6, 6.07) is 16.6. The molecule has 3 aromatic carbocycles. The highest BCUT2D eigenvalue weighted by Gasteiger charge is 2.44. The number of hydrogen-bond acceptors (Lipinski definition) is 8. The SMILES string of the molecule is CC(C)(C)OC(=O)N(C1CCc2c1ccc1c2ccn1S(=O)(=O)c1ccccc1)S(=O)(=O)c1ccccc1[N+](=O)[O-]. The molecule has 1 aromatic heterocycles. The van der Waals surface area contributed by atoms with E-state index in [9.17, 15) is 31.7 Å². The highest BCUT2D eigenvalue weighted by molar-refractivity contribution is 7.90. The van der Waals surface area contributed by atoms with Crippen molar-refractivity contribution in [1.82, 2.24) is 8.28 Å². The zero-order chi connectivity index (χ0) is 29.7. The lowest BCUT2D eigenvalue weighted by molar-refractivity contribution is -0.387. The van der Waals surface area contributed by atoms with E-state index in [1.54, 1.807) is 57.2 Å². The lowest BCUT2D eigenvalue weighted by Crippen LogP contribution is -2.42. The van der Waals surface area contributed by atoms with Gasteiger partial charge in [-0.2, -0.15) is 4.31 Å². The van der Waals surface area contributed by atoms with Gasteiger partial charge in [-0.05, 0) is 75.1 Å².